The van der Waals surface area contributed by atoms with Crippen LogP contribution in [0, 0.1) is 0 Å². The highest BCUT2D eigenvalue weighted by atomic mass is 35.5. The van der Waals surface area contributed by atoms with Crippen molar-refractivity contribution in [2.45, 2.75) is 17.4 Å². The van der Waals surface area contributed by atoms with Crippen molar-refractivity contribution < 1.29 is 52.4 Å². The standard InChI is InChI=1S/C23H22Cl2N2O11S3/c24-14-2-1-3-15(25)21(14)23(35)38-10-18(29)16(9-20(31)32)27-19(30)11-40-39-7-6-26-41(36,37)12-4-5-17(28)13(8-12)22(33)34/h1-5,8,16,26,28H,6-7,9-11H2,(H,27,30)(H,31,32)(H,33,34)/t16-/m1/s1. The molecule has 0 aromatic heterocycles. The molecule has 18 heteroatoms. The summed E-state index contributed by atoms with van der Waals surface area (Å²) in [4.78, 5) is 58.9. The van der Waals surface area contributed by atoms with Gasteiger partial charge >= 0.3 is 17.9 Å². The third-order valence-corrected chi connectivity index (χ3v) is 9.23. The summed E-state index contributed by atoms with van der Waals surface area (Å²) in [6.45, 7) is -0.943. The lowest BCUT2D eigenvalue weighted by Gasteiger charge is -2.16. The molecule has 0 saturated carbocycles. The second kappa shape index (κ2) is 15.8. The molecule has 41 heavy (non-hydrogen) atoms. The molecule has 0 heterocycles. The van der Waals surface area contributed by atoms with Crippen LogP contribution in [-0.2, 0) is 29.1 Å². The first-order valence-electron chi connectivity index (χ1n) is 11.2. The lowest BCUT2D eigenvalue weighted by Crippen LogP contribution is -2.44. The molecule has 2 aromatic carbocycles. The van der Waals surface area contributed by atoms with Crippen molar-refractivity contribution >= 4 is 84.4 Å². The first kappa shape index (κ1) is 34.2. The normalized spacial score (nSPS) is 11.9. The van der Waals surface area contributed by atoms with Crippen molar-refractivity contribution in [3.05, 3.63) is 57.6 Å². The first-order chi connectivity index (χ1) is 19.2. The number of halogens is 2. The molecule has 0 aliphatic heterocycles. The average molecular weight is 670 g/mol. The van der Waals surface area contributed by atoms with Gasteiger partial charge in [-0.15, -0.1) is 0 Å². The molecule has 5 N–H and O–H groups in total. The van der Waals surface area contributed by atoms with Crippen molar-refractivity contribution in [1.82, 2.24) is 10.0 Å². The first-order valence-corrected chi connectivity index (χ1v) is 15.9. The minimum absolute atomic E-state index is 0.0136. The zero-order valence-corrected chi connectivity index (χ0v) is 24.6. The van der Waals surface area contributed by atoms with E-state index in [1.54, 1.807) is 0 Å². The van der Waals surface area contributed by atoms with Gasteiger partial charge in [-0.3, -0.25) is 14.4 Å². The Morgan fingerprint density at radius 1 is 1.00 bits per heavy atom. The van der Waals surface area contributed by atoms with Crippen molar-refractivity contribution in [1.29, 1.82) is 0 Å². The molecule has 1 atom stereocenters. The Hall–Kier alpha value is -3.02. The summed E-state index contributed by atoms with van der Waals surface area (Å²) < 4.78 is 31.9. The van der Waals surface area contributed by atoms with Crippen LogP contribution >= 0.6 is 44.8 Å². The number of amides is 1. The number of carboxylic acids is 2. The summed E-state index contributed by atoms with van der Waals surface area (Å²) in [6.07, 6.45) is -0.768. The number of aromatic carboxylic acids is 1. The van der Waals surface area contributed by atoms with E-state index in [9.17, 15) is 37.5 Å². The third-order valence-electron chi connectivity index (χ3n) is 4.87. The van der Waals surface area contributed by atoms with Gasteiger partial charge in [0.05, 0.1) is 32.7 Å². The van der Waals surface area contributed by atoms with Gasteiger partial charge in [0, 0.05) is 12.3 Å². The highest BCUT2D eigenvalue weighted by Crippen LogP contribution is 2.25. The number of ketones is 1. The number of esters is 1. The smallest absolute Gasteiger partial charge is 0.341 e. The fourth-order valence-electron chi connectivity index (χ4n) is 2.97. The quantitative estimate of drug-likeness (QED) is 0.0988. The van der Waals surface area contributed by atoms with Gasteiger partial charge in [-0.05, 0) is 30.3 Å². The van der Waals surface area contributed by atoms with Crippen LogP contribution in [0.1, 0.15) is 27.1 Å². The monoisotopic (exact) mass is 668 g/mol. The summed E-state index contributed by atoms with van der Waals surface area (Å²) in [7, 11) is -1.99. The van der Waals surface area contributed by atoms with E-state index in [2.05, 4.69) is 10.0 Å². The second-order valence-electron chi connectivity index (χ2n) is 7.82. The average Bonchev–Trinajstić information content (AvgIpc) is 2.88. The van der Waals surface area contributed by atoms with Crippen molar-refractivity contribution in [3.63, 3.8) is 0 Å². The number of sulfonamides is 1. The zero-order chi connectivity index (χ0) is 30.7. The molecule has 2 rings (SSSR count). The summed E-state index contributed by atoms with van der Waals surface area (Å²) in [6, 6.07) is 5.57. The van der Waals surface area contributed by atoms with Crippen LogP contribution < -0.4 is 10.0 Å². The predicted molar refractivity (Wildman–Crippen MR) is 151 cm³/mol. The number of phenols is 1. The number of benzene rings is 2. The minimum atomic E-state index is -4.08. The van der Waals surface area contributed by atoms with Gasteiger partial charge in [0.25, 0.3) is 0 Å². The van der Waals surface area contributed by atoms with E-state index in [4.69, 9.17) is 38.2 Å². The second-order valence-corrected chi connectivity index (χ2v) is 13.0. The molecule has 0 bridgehead atoms. The Morgan fingerprint density at radius 2 is 1.66 bits per heavy atom. The summed E-state index contributed by atoms with van der Waals surface area (Å²) in [5.74, 6) is -6.11. The maximum atomic E-state index is 12.5. The van der Waals surface area contributed by atoms with Gasteiger partial charge in [0.15, 0.2) is 12.4 Å². The van der Waals surface area contributed by atoms with Crippen LogP contribution in [0.3, 0.4) is 0 Å². The van der Waals surface area contributed by atoms with Crippen LogP contribution in [0.2, 0.25) is 10.0 Å². The molecule has 0 aliphatic rings. The van der Waals surface area contributed by atoms with E-state index in [1.807, 2.05) is 0 Å². The molecule has 0 fully saturated rings. The van der Waals surface area contributed by atoms with Crippen LogP contribution in [0.15, 0.2) is 41.3 Å². The number of ether oxygens (including phenoxy) is 1. The van der Waals surface area contributed by atoms with E-state index in [-0.39, 0.29) is 38.6 Å². The molecule has 222 valence electrons. The molecule has 13 nitrogen and oxygen atoms in total. The molecule has 0 spiro atoms. The number of aliphatic carboxylic acids is 1. The number of rotatable bonds is 16. The summed E-state index contributed by atoms with van der Waals surface area (Å²) >= 11 is 11.8. The van der Waals surface area contributed by atoms with Gasteiger partial charge in [0.2, 0.25) is 15.9 Å². The number of nitrogens with one attached hydrogen (secondary N) is 2. The lowest BCUT2D eigenvalue weighted by molar-refractivity contribution is -0.140. The Bertz CT molecular complexity index is 1420. The number of hydrogen-bond donors (Lipinski definition) is 5. The molecule has 2 aromatic rings. The van der Waals surface area contributed by atoms with Crippen molar-refractivity contribution in [2.75, 3.05) is 24.7 Å². The van der Waals surface area contributed by atoms with Gasteiger partial charge < -0.3 is 25.4 Å². The van der Waals surface area contributed by atoms with Crippen molar-refractivity contribution in [3.8, 4) is 5.75 Å². The number of Topliss-reactive ketones (excluding diaryl/α,β-unsaturated/α-hetero) is 1. The van der Waals surface area contributed by atoms with Crippen LogP contribution in [0.4, 0.5) is 0 Å². The van der Waals surface area contributed by atoms with E-state index < -0.39 is 70.0 Å². The largest absolute Gasteiger partial charge is 0.507 e. The molecule has 0 unspecified atom stereocenters. The third kappa shape index (κ3) is 10.7. The fourth-order valence-corrected chi connectivity index (χ4v) is 6.46. The van der Waals surface area contributed by atoms with E-state index in [0.717, 1.165) is 39.8 Å². The van der Waals surface area contributed by atoms with Gasteiger partial charge in [-0.1, -0.05) is 50.9 Å². The number of hydrogen-bond acceptors (Lipinski definition) is 11. The summed E-state index contributed by atoms with van der Waals surface area (Å²) in [5.41, 5.74) is -0.752. The van der Waals surface area contributed by atoms with Gasteiger partial charge in [0.1, 0.15) is 17.4 Å². The Kier molecular flexibility index (Phi) is 13.2. The Balaban J connectivity index is 1.81. The fraction of sp³-hybridized carbons (Fsp3) is 0.261. The molecule has 1 amide bonds. The molecular formula is C23H22Cl2N2O11S3. The van der Waals surface area contributed by atoms with Crippen molar-refractivity contribution in [2.24, 2.45) is 0 Å². The highest BCUT2D eigenvalue weighted by Gasteiger charge is 2.26. The number of carboxylic acid groups (broad SMARTS) is 2. The number of carbonyl (C=O) groups excluding carboxylic acids is 3. The predicted octanol–water partition coefficient (Wildman–Crippen LogP) is 2.44. The van der Waals surface area contributed by atoms with Crippen LogP contribution in [0.5, 0.6) is 5.75 Å². The molecule has 0 saturated heterocycles. The molecular weight excluding hydrogens is 647 g/mol. The van der Waals surface area contributed by atoms with Gasteiger partial charge in [-0.25, -0.2) is 22.7 Å². The number of aromatic hydroxyl groups is 1. The minimum Gasteiger partial charge on any atom is -0.507 e. The maximum absolute atomic E-state index is 12.5. The van der Waals surface area contributed by atoms with E-state index >= 15 is 0 Å². The van der Waals surface area contributed by atoms with Crippen LogP contribution in [0.25, 0.3) is 0 Å². The zero-order valence-electron chi connectivity index (χ0n) is 20.7. The SMILES string of the molecule is O=C(O)C[C@@H](NC(=O)CSSCCNS(=O)(=O)c1ccc(O)c(C(=O)O)c1)C(=O)COC(=O)c1c(Cl)cccc1Cl. The molecule has 0 aliphatic carbocycles. The lowest BCUT2D eigenvalue weighted by atomic mass is 10.1. The topological polar surface area (TPSA) is 213 Å². The maximum Gasteiger partial charge on any atom is 0.341 e. The van der Waals surface area contributed by atoms with E-state index in [1.165, 1.54) is 18.2 Å². The molecule has 0 radical (unpaired) electrons. The van der Waals surface area contributed by atoms with E-state index in [0.29, 0.717) is 0 Å². The Labute approximate surface area is 251 Å². The highest BCUT2D eigenvalue weighted by molar-refractivity contribution is 8.76. The van der Waals surface area contributed by atoms with Gasteiger partial charge in [-0.2, -0.15) is 0 Å². The number of carbonyl (C=O) groups is 5. The summed E-state index contributed by atoms with van der Waals surface area (Å²) in [5, 5.41) is 29.9. The Morgan fingerprint density at radius 3 is 2.27 bits per heavy atom. The van der Waals surface area contributed by atoms with Crippen LogP contribution in [-0.4, -0.2) is 84.0 Å².